The molecule has 20 heavy (non-hydrogen) atoms. The molecule has 4 heteroatoms. The summed E-state index contributed by atoms with van der Waals surface area (Å²) in [6.07, 6.45) is 1.68. The van der Waals surface area contributed by atoms with Crippen molar-refractivity contribution in [1.82, 2.24) is 0 Å². The van der Waals surface area contributed by atoms with Crippen molar-refractivity contribution in [2.75, 3.05) is 19.8 Å². The quantitative estimate of drug-likeness (QED) is 0.762. The van der Waals surface area contributed by atoms with Crippen LogP contribution in [0.1, 0.15) is 54.4 Å². The first kappa shape index (κ1) is 17.4. The largest absolute Gasteiger partial charge is 0.464 e. The Morgan fingerprint density at radius 1 is 1.35 bits per heavy atom. The lowest BCUT2D eigenvalue weighted by Gasteiger charge is -2.42. The molecule has 0 aromatic heterocycles. The highest BCUT2D eigenvalue weighted by atomic mass is 16.5. The number of ether oxygens (including phenoxy) is 2. The minimum Gasteiger partial charge on any atom is -0.464 e. The Bertz CT molecular complexity index is 337. The number of hydrogen-bond acceptors (Lipinski definition) is 4. The second-order valence-corrected chi connectivity index (χ2v) is 7.87. The fourth-order valence-corrected chi connectivity index (χ4v) is 2.68. The van der Waals surface area contributed by atoms with Crippen molar-refractivity contribution in [2.24, 2.45) is 22.0 Å². The van der Waals surface area contributed by atoms with Crippen molar-refractivity contribution in [2.45, 2.75) is 60.4 Å². The molecule has 0 radical (unpaired) electrons. The van der Waals surface area contributed by atoms with E-state index in [0.717, 1.165) is 6.42 Å². The number of rotatable bonds is 6. The van der Waals surface area contributed by atoms with Gasteiger partial charge in [-0.05, 0) is 32.1 Å². The lowest BCUT2D eigenvalue weighted by Crippen LogP contribution is -2.50. The monoisotopic (exact) mass is 285 g/mol. The van der Waals surface area contributed by atoms with Crippen LogP contribution in [-0.4, -0.2) is 31.8 Å². The molecule has 2 N–H and O–H groups in total. The molecule has 0 saturated carbocycles. The van der Waals surface area contributed by atoms with Gasteiger partial charge in [0.15, 0.2) is 0 Å². The molecule has 0 spiro atoms. The normalized spacial score (nSPS) is 22.6. The Kier molecular flexibility index (Phi) is 5.25. The Labute approximate surface area is 123 Å². The van der Waals surface area contributed by atoms with Gasteiger partial charge in [-0.2, -0.15) is 0 Å². The Balaban J connectivity index is 2.69. The standard InChI is InChI=1S/C16H31NO3/c1-7-16(9-19-10-16)11-20-13(18)15(6,12(2)17)8-14(3,4)5/h12H,7-11,17H2,1-6H3. The Hall–Kier alpha value is -0.610. The van der Waals surface area contributed by atoms with Crippen LogP contribution in [0, 0.1) is 16.2 Å². The highest BCUT2D eigenvalue weighted by Crippen LogP contribution is 2.38. The van der Waals surface area contributed by atoms with E-state index in [1.54, 1.807) is 0 Å². The van der Waals surface area contributed by atoms with Gasteiger partial charge in [0, 0.05) is 6.04 Å². The van der Waals surface area contributed by atoms with Gasteiger partial charge in [0.25, 0.3) is 0 Å². The number of nitrogens with two attached hydrogens (primary N) is 1. The third-order valence-electron chi connectivity index (χ3n) is 4.44. The van der Waals surface area contributed by atoms with E-state index in [-0.39, 0.29) is 22.8 Å². The number of carbonyl (C=O) groups is 1. The molecule has 1 saturated heterocycles. The maximum absolute atomic E-state index is 12.5. The highest BCUT2D eigenvalue weighted by Gasteiger charge is 2.44. The van der Waals surface area contributed by atoms with Crippen LogP contribution < -0.4 is 5.73 Å². The molecule has 1 fully saturated rings. The lowest BCUT2D eigenvalue weighted by molar-refractivity contribution is -0.180. The van der Waals surface area contributed by atoms with Crippen LogP contribution in [0.3, 0.4) is 0 Å². The molecular formula is C16H31NO3. The number of hydrogen-bond donors (Lipinski definition) is 1. The van der Waals surface area contributed by atoms with Gasteiger partial charge in [-0.15, -0.1) is 0 Å². The van der Waals surface area contributed by atoms with Crippen LogP contribution in [-0.2, 0) is 14.3 Å². The molecule has 0 bridgehead atoms. The molecule has 0 aromatic carbocycles. The average molecular weight is 285 g/mol. The van der Waals surface area contributed by atoms with Gasteiger partial charge in [0.05, 0.1) is 24.0 Å². The van der Waals surface area contributed by atoms with E-state index in [2.05, 4.69) is 27.7 Å². The number of esters is 1. The molecule has 2 atom stereocenters. The molecular weight excluding hydrogens is 254 g/mol. The van der Waals surface area contributed by atoms with Crippen LogP contribution in [0.4, 0.5) is 0 Å². The van der Waals surface area contributed by atoms with E-state index >= 15 is 0 Å². The van der Waals surface area contributed by atoms with E-state index in [0.29, 0.717) is 26.2 Å². The van der Waals surface area contributed by atoms with E-state index in [1.165, 1.54) is 0 Å². The predicted octanol–water partition coefficient (Wildman–Crippen LogP) is 2.75. The van der Waals surface area contributed by atoms with E-state index < -0.39 is 5.41 Å². The Morgan fingerprint density at radius 3 is 2.20 bits per heavy atom. The highest BCUT2D eigenvalue weighted by molar-refractivity contribution is 5.77. The summed E-state index contributed by atoms with van der Waals surface area (Å²) in [4.78, 5) is 12.5. The maximum atomic E-state index is 12.5. The fourth-order valence-electron chi connectivity index (χ4n) is 2.68. The SMILES string of the molecule is CCC1(COC(=O)C(C)(CC(C)(C)C)C(C)N)COC1. The predicted molar refractivity (Wildman–Crippen MR) is 80.3 cm³/mol. The molecule has 0 amide bonds. The maximum Gasteiger partial charge on any atom is 0.313 e. The second kappa shape index (κ2) is 6.02. The van der Waals surface area contributed by atoms with Gasteiger partial charge >= 0.3 is 5.97 Å². The average Bonchev–Trinajstić information content (AvgIpc) is 2.25. The van der Waals surface area contributed by atoms with Gasteiger partial charge in [0.2, 0.25) is 0 Å². The van der Waals surface area contributed by atoms with Crippen LogP contribution >= 0.6 is 0 Å². The minimum atomic E-state index is -0.641. The smallest absolute Gasteiger partial charge is 0.313 e. The third kappa shape index (κ3) is 3.95. The summed E-state index contributed by atoms with van der Waals surface area (Å²) < 4.78 is 10.9. The summed E-state index contributed by atoms with van der Waals surface area (Å²) in [6, 6.07) is -0.232. The Morgan fingerprint density at radius 2 is 1.90 bits per heavy atom. The van der Waals surface area contributed by atoms with E-state index in [1.807, 2.05) is 13.8 Å². The van der Waals surface area contributed by atoms with E-state index in [9.17, 15) is 4.79 Å². The zero-order valence-corrected chi connectivity index (χ0v) is 13.9. The summed E-state index contributed by atoms with van der Waals surface area (Å²) in [5.41, 5.74) is 5.49. The summed E-state index contributed by atoms with van der Waals surface area (Å²) in [7, 11) is 0. The van der Waals surface area contributed by atoms with Crippen molar-refractivity contribution < 1.29 is 14.3 Å². The van der Waals surface area contributed by atoms with Crippen LogP contribution in [0.5, 0.6) is 0 Å². The van der Waals surface area contributed by atoms with Gasteiger partial charge in [-0.3, -0.25) is 4.79 Å². The summed E-state index contributed by atoms with van der Waals surface area (Å²) >= 11 is 0. The van der Waals surface area contributed by atoms with Gasteiger partial charge < -0.3 is 15.2 Å². The molecule has 118 valence electrons. The van der Waals surface area contributed by atoms with Gasteiger partial charge in [0.1, 0.15) is 6.61 Å². The molecule has 1 rings (SSSR count). The summed E-state index contributed by atoms with van der Waals surface area (Å²) in [6.45, 7) is 14.1. The second-order valence-electron chi connectivity index (χ2n) is 7.87. The molecule has 0 aliphatic carbocycles. The molecule has 1 aliphatic rings. The number of carbonyl (C=O) groups excluding carboxylic acids is 1. The molecule has 4 nitrogen and oxygen atoms in total. The van der Waals surface area contributed by atoms with Crippen LogP contribution in [0.15, 0.2) is 0 Å². The third-order valence-corrected chi connectivity index (χ3v) is 4.44. The fraction of sp³-hybridized carbons (Fsp3) is 0.938. The molecule has 1 aliphatic heterocycles. The van der Waals surface area contributed by atoms with E-state index in [4.69, 9.17) is 15.2 Å². The lowest BCUT2D eigenvalue weighted by atomic mass is 9.71. The van der Waals surface area contributed by atoms with Gasteiger partial charge in [-0.1, -0.05) is 27.7 Å². The zero-order chi connectivity index (χ0) is 15.6. The van der Waals surface area contributed by atoms with Crippen molar-refractivity contribution in [3.8, 4) is 0 Å². The van der Waals surface area contributed by atoms with Crippen molar-refractivity contribution >= 4 is 5.97 Å². The molecule has 2 unspecified atom stereocenters. The summed E-state index contributed by atoms with van der Waals surface area (Å²) in [5.74, 6) is -0.179. The van der Waals surface area contributed by atoms with Crippen LogP contribution in [0.2, 0.25) is 0 Å². The first-order chi connectivity index (χ1) is 9.05. The molecule has 0 aromatic rings. The minimum absolute atomic E-state index is 0.0239. The van der Waals surface area contributed by atoms with Crippen LogP contribution in [0.25, 0.3) is 0 Å². The van der Waals surface area contributed by atoms with Crippen molar-refractivity contribution in [3.05, 3.63) is 0 Å². The first-order valence-corrected chi connectivity index (χ1v) is 7.55. The van der Waals surface area contributed by atoms with Crippen molar-refractivity contribution in [1.29, 1.82) is 0 Å². The van der Waals surface area contributed by atoms with Crippen molar-refractivity contribution in [3.63, 3.8) is 0 Å². The summed E-state index contributed by atoms with van der Waals surface area (Å²) in [5, 5.41) is 0. The topological polar surface area (TPSA) is 61.5 Å². The molecule has 1 heterocycles. The zero-order valence-electron chi connectivity index (χ0n) is 13.9. The first-order valence-electron chi connectivity index (χ1n) is 7.55. The van der Waals surface area contributed by atoms with Gasteiger partial charge in [-0.25, -0.2) is 0 Å².